The highest BCUT2D eigenvalue weighted by atomic mass is 35.5. The minimum Gasteiger partial charge on any atom is -0.466 e. The SMILES string of the molecule is CCOC(=O)C[C@H](N)c1ccc(F)c(F)c1F.Cl. The number of ether oxygens (including phenoxy) is 1. The van der Waals surface area contributed by atoms with Gasteiger partial charge in [-0.25, -0.2) is 13.2 Å². The van der Waals surface area contributed by atoms with Crippen molar-refractivity contribution in [2.45, 2.75) is 19.4 Å². The lowest BCUT2D eigenvalue weighted by atomic mass is 10.0. The van der Waals surface area contributed by atoms with Gasteiger partial charge in [-0.3, -0.25) is 4.79 Å². The van der Waals surface area contributed by atoms with E-state index >= 15 is 0 Å². The summed E-state index contributed by atoms with van der Waals surface area (Å²) in [5.41, 5.74) is 5.26. The van der Waals surface area contributed by atoms with E-state index in [1.54, 1.807) is 6.92 Å². The summed E-state index contributed by atoms with van der Waals surface area (Å²) in [5.74, 6) is -4.89. The standard InChI is InChI=1S/C11H12F3NO2.ClH/c1-2-17-9(16)5-8(15)6-3-4-7(12)11(14)10(6)13;/h3-4,8H,2,5,15H2,1H3;1H/t8-;/m0./s1. The molecule has 2 N–H and O–H groups in total. The topological polar surface area (TPSA) is 52.3 Å². The Bertz CT molecular complexity index is 429. The summed E-state index contributed by atoms with van der Waals surface area (Å²) in [6.07, 6.45) is -0.296. The van der Waals surface area contributed by atoms with E-state index in [9.17, 15) is 18.0 Å². The molecule has 0 aliphatic rings. The van der Waals surface area contributed by atoms with Gasteiger partial charge in [0.25, 0.3) is 0 Å². The minimum atomic E-state index is -1.60. The summed E-state index contributed by atoms with van der Waals surface area (Å²) in [4.78, 5) is 11.1. The summed E-state index contributed by atoms with van der Waals surface area (Å²) in [7, 11) is 0. The van der Waals surface area contributed by atoms with Crippen LogP contribution in [0.4, 0.5) is 13.2 Å². The van der Waals surface area contributed by atoms with Crippen LogP contribution in [-0.4, -0.2) is 12.6 Å². The van der Waals surface area contributed by atoms with E-state index in [2.05, 4.69) is 4.74 Å². The van der Waals surface area contributed by atoms with Crippen molar-refractivity contribution in [1.29, 1.82) is 0 Å². The maximum atomic E-state index is 13.3. The highest BCUT2D eigenvalue weighted by Gasteiger charge is 2.20. The van der Waals surface area contributed by atoms with Gasteiger partial charge in [0.15, 0.2) is 17.5 Å². The third-order valence-corrected chi connectivity index (χ3v) is 2.16. The molecule has 0 amide bonds. The molecule has 0 saturated heterocycles. The number of halogens is 4. The molecule has 0 bridgehead atoms. The molecule has 18 heavy (non-hydrogen) atoms. The van der Waals surface area contributed by atoms with Crippen LogP contribution in [0.2, 0.25) is 0 Å². The summed E-state index contributed by atoms with van der Waals surface area (Å²) in [6, 6.07) is 0.709. The lowest BCUT2D eigenvalue weighted by Gasteiger charge is -2.12. The van der Waals surface area contributed by atoms with Crippen LogP contribution in [0.3, 0.4) is 0 Å². The number of carbonyl (C=O) groups is 1. The Balaban J connectivity index is 0.00000289. The molecular formula is C11H13ClF3NO2. The third kappa shape index (κ3) is 3.89. The average molecular weight is 284 g/mol. The zero-order valence-electron chi connectivity index (χ0n) is 9.58. The van der Waals surface area contributed by atoms with Gasteiger partial charge in [-0.05, 0) is 13.0 Å². The second-order valence-electron chi connectivity index (χ2n) is 3.38. The smallest absolute Gasteiger partial charge is 0.307 e. The number of rotatable bonds is 4. The Morgan fingerprint density at radius 3 is 2.50 bits per heavy atom. The van der Waals surface area contributed by atoms with Crippen molar-refractivity contribution in [2.75, 3.05) is 6.61 Å². The van der Waals surface area contributed by atoms with Gasteiger partial charge in [-0.1, -0.05) is 6.07 Å². The van der Waals surface area contributed by atoms with Crippen LogP contribution in [-0.2, 0) is 9.53 Å². The van der Waals surface area contributed by atoms with Crippen LogP contribution in [0, 0.1) is 17.5 Å². The Morgan fingerprint density at radius 1 is 1.33 bits per heavy atom. The predicted molar refractivity (Wildman–Crippen MR) is 61.7 cm³/mol. The summed E-state index contributed by atoms with van der Waals surface area (Å²) < 4.78 is 43.5. The van der Waals surface area contributed by atoms with Crippen LogP contribution in [0.1, 0.15) is 24.9 Å². The van der Waals surface area contributed by atoms with E-state index in [4.69, 9.17) is 5.73 Å². The van der Waals surface area contributed by atoms with Crippen LogP contribution in [0.15, 0.2) is 12.1 Å². The molecule has 1 aromatic carbocycles. The molecule has 1 atom stereocenters. The lowest BCUT2D eigenvalue weighted by Crippen LogP contribution is -2.19. The fourth-order valence-corrected chi connectivity index (χ4v) is 1.34. The number of hydrogen-bond donors (Lipinski definition) is 1. The van der Waals surface area contributed by atoms with Gasteiger partial charge in [-0.15, -0.1) is 12.4 Å². The first-order valence-electron chi connectivity index (χ1n) is 5.02. The Kier molecular flexibility index (Phi) is 6.72. The number of nitrogens with two attached hydrogens (primary N) is 1. The monoisotopic (exact) mass is 283 g/mol. The van der Waals surface area contributed by atoms with Crippen LogP contribution < -0.4 is 5.73 Å². The summed E-state index contributed by atoms with van der Waals surface area (Å²) >= 11 is 0. The molecule has 0 unspecified atom stereocenters. The molecule has 0 aromatic heterocycles. The molecule has 3 nitrogen and oxygen atoms in total. The Hall–Kier alpha value is -1.27. The first-order chi connectivity index (χ1) is 7.97. The Morgan fingerprint density at radius 2 is 1.94 bits per heavy atom. The fourth-order valence-electron chi connectivity index (χ4n) is 1.34. The van der Waals surface area contributed by atoms with Crippen molar-refractivity contribution < 1.29 is 22.7 Å². The fraction of sp³-hybridized carbons (Fsp3) is 0.364. The zero-order chi connectivity index (χ0) is 13.0. The van der Waals surface area contributed by atoms with Gasteiger partial charge in [-0.2, -0.15) is 0 Å². The Labute approximate surface area is 109 Å². The van der Waals surface area contributed by atoms with E-state index in [-0.39, 0.29) is 31.0 Å². The van der Waals surface area contributed by atoms with Crippen molar-refractivity contribution in [3.05, 3.63) is 35.1 Å². The lowest BCUT2D eigenvalue weighted by molar-refractivity contribution is -0.143. The van der Waals surface area contributed by atoms with Crippen LogP contribution in [0.5, 0.6) is 0 Å². The molecule has 0 heterocycles. The molecule has 1 aromatic rings. The zero-order valence-corrected chi connectivity index (χ0v) is 10.4. The number of carbonyl (C=O) groups excluding carboxylic acids is 1. The summed E-state index contributed by atoms with van der Waals surface area (Å²) in [5, 5.41) is 0. The number of benzene rings is 1. The van der Waals surface area contributed by atoms with Crippen molar-refractivity contribution in [2.24, 2.45) is 5.73 Å². The second kappa shape index (κ2) is 7.23. The maximum Gasteiger partial charge on any atom is 0.307 e. The molecule has 0 aliphatic heterocycles. The number of hydrogen-bond acceptors (Lipinski definition) is 3. The van der Waals surface area contributed by atoms with E-state index in [1.807, 2.05) is 0 Å². The molecular weight excluding hydrogens is 271 g/mol. The number of esters is 1. The highest BCUT2D eigenvalue weighted by Crippen LogP contribution is 2.22. The van der Waals surface area contributed by atoms with Crippen LogP contribution >= 0.6 is 12.4 Å². The van der Waals surface area contributed by atoms with Crippen molar-refractivity contribution in [1.82, 2.24) is 0 Å². The van der Waals surface area contributed by atoms with Gasteiger partial charge in [0.2, 0.25) is 0 Å². The quantitative estimate of drug-likeness (QED) is 0.682. The molecule has 0 aliphatic carbocycles. The van der Waals surface area contributed by atoms with Gasteiger partial charge in [0.1, 0.15) is 0 Å². The third-order valence-electron chi connectivity index (χ3n) is 2.16. The molecule has 0 spiro atoms. The molecule has 0 saturated carbocycles. The predicted octanol–water partition coefficient (Wildman–Crippen LogP) is 2.48. The second-order valence-corrected chi connectivity index (χ2v) is 3.38. The molecule has 1 rings (SSSR count). The first-order valence-corrected chi connectivity index (χ1v) is 5.02. The van der Waals surface area contributed by atoms with E-state index < -0.39 is 29.5 Å². The van der Waals surface area contributed by atoms with Gasteiger partial charge >= 0.3 is 5.97 Å². The highest BCUT2D eigenvalue weighted by molar-refractivity contribution is 5.85. The normalized spacial score (nSPS) is 11.6. The van der Waals surface area contributed by atoms with E-state index in [0.717, 1.165) is 12.1 Å². The molecule has 7 heteroatoms. The molecule has 0 radical (unpaired) electrons. The summed E-state index contributed by atoms with van der Waals surface area (Å²) in [6.45, 7) is 1.79. The first kappa shape index (κ1) is 16.7. The van der Waals surface area contributed by atoms with Gasteiger partial charge in [0, 0.05) is 11.6 Å². The van der Waals surface area contributed by atoms with Crippen LogP contribution in [0.25, 0.3) is 0 Å². The largest absolute Gasteiger partial charge is 0.466 e. The van der Waals surface area contributed by atoms with Gasteiger partial charge in [0.05, 0.1) is 13.0 Å². The van der Waals surface area contributed by atoms with E-state index in [0.29, 0.717) is 0 Å². The minimum absolute atomic E-state index is 0. The van der Waals surface area contributed by atoms with Crippen molar-refractivity contribution in [3.8, 4) is 0 Å². The average Bonchev–Trinajstić information content (AvgIpc) is 2.26. The van der Waals surface area contributed by atoms with E-state index in [1.165, 1.54) is 0 Å². The molecule has 0 fully saturated rings. The van der Waals surface area contributed by atoms with Gasteiger partial charge < -0.3 is 10.5 Å². The van der Waals surface area contributed by atoms with Crippen molar-refractivity contribution in [3.63, 3.8) is 0 Å². The molecule has 102 valence electrons. The maximum absolute atomic E-state index is 13.3. The van der Waals surface area contributed by atoms with Crippen molar-refractivity contribution >= 4 is 18.4 Å².